The van der Waals surface area contributed by atoms with Crippen LogP contribution in [0.15, 0.2) is 91.0 Å². The Kier molecular flexibility index (Phi) is 6.13. The normalized spacial score (nSPS) is 11.7. The van der Waals surface area contributed by atoms with Crippen molar-refractivity contribution in [3.8, 4) is 28.7 Å². The van der Waals surface area contributed by atoms with Crippen LogP contribution in [0.2, 0.25) is 0 Å². The molecule has 5 heteroatoms. The van der Waals surface area contributed by atoms with E-state index in [0.29, 0.717) is 11.4 Å². The van der Waals surface area contributed by atoms with Crippen LogP contribution in [0, 0.1) is 52.9 Å². The predicted molar refractivity (Wildman–Crippen MR) is 189 cm³/mol. The third-order valence-electron chi connectivity index (χ3n) is 9.09. The largest absolute Gasteiger partial charge is 0.308 e. The Morgan fingerprint density at radius 2 is 0.891 bits per heavy atom. The standard InChI is InChI=1S/C41H33N5/c1-23-7-11-30-31-12-8-24(2)16-36(31)45(35(30)15-23)39-20-29(22-42)21-40(41(39)34-19-27(5)43-28(6)44-34)46-37-17-25(3)9-13-32(37)33-14-10-26(4)18-38(33)46/h7-21H,1-6H3. The number of hydrogen-bond acceptors (Lipinski definition) is 3. The summed E-state index contributed by atoms with van der Waals surface area (Å²) in [6.07, 6.45) is 0. The number of nitriles is 1. The highest BCUT2D eigenvalue weighted by Gasteiger charge is 2.24. The summed E-state index contributed by atoms with van der Waals surface area (Å²) in [4.78, 5) is 9.72. The second-order valence-electron chi connectivity index (χ2n) is 12.7. The van der Waals surface area contributed by atoms with Crippen molar-refractivity contribution >= 4 is 43.6 Å². The summed E-state index contributed by atoms with van der Waals surface area (Å²) >= 11 is 0. The van der Waals surface area contributed by atoms with Crippen molar-refractivity contribution in [1.82, 2.24) is 19.1 Å². The number of nitrogens with zero attached hydrogens (tertiary/aromatic N) is 5. The highest BCUT2D eigenvalue weighted by atomic mass is 15.0. The van der Waals surface area contributed by atoms with Crippen LogP contribution < -0.4 is 0 Å². The van der Waals surface area contributed by atoms with E-state index >= 15 is 0 Å². The Balaban J connectivity index is 1.64. The number of aryl methyl sites for hydroxylation is 6. The molecule has 46 heavy (non-hydrogen) atoms. The number of benzene rings is 5. The van der Waals surface area contributed by atoms with E-state index in [2.05, 4.69) is 127 Å². The molecule has 5 aromatic carbocycles. The van der Waals surface area contributed by atoms with Gasteiger partial charge in [0.1, 0.15) is 5.82 Å². The number of aromatic nitrogens is 4. The first kappa shape index (κ1) is 27.8. The fourth-order valence-electron chi connectivity index (χ4n) is 7.13. The van der Waals surface area contributed by atoms with Gasteiger partial charge >= 0.3 is 0 Å². The maximum absolute atomic E-state index is 10.6. The molecule has 0 aliphatic rings. The molecule has 0 fully saturated rings. The molecule has 0 atom stereocenters. The van der Waals surface area contributed by atoms with Crippen LogP contribution in [0.4, 0.5) is 0 Å². The van der Waals surface area contributed by atoms with Crippen LogP contribution >= 0.6 is 0 Å². The number of rotatable bonds is 3. The zero-order valence-electron chi connectivity index (χ0n) is 26.9. The molecule has 0 radical (unpaired) electrons. The van der Waals surface area contributed by atoms with E-state index in [9.17, 15) is 5.26 Å². The Hall–Kier alpha value is -5.73. The summed E-state index contributed by atoms with van der Waals surface area (Å²) in [6, 6.07) is 35.2. The summed E-state index contributed by atoms with van der Waals surface area (Å²) in [5.74, 6) is 0.707. The van der Waals surface area contributed by atoms with E-state index < -0.39 is 0 Å². The van der Waals surface area contributed by atoms with Gasteiger partial charge in [-0.1, -0.05) is 48.5 Å². The molecule has 0 saturated heterocycles. The van der Waals surface area contributed by atoms with Crippen LogP contribution in [-0.2, 0) is 0 Å². The lowest BCUT2D eigenvalue weighted by Crippen LogP contribution is -2.07. The molecule has 3 heterocycles. The maximum atomic E-state index is 10.6. The molecule has 8 aromatic rings. The summed E-state index contributed by atoms with van der Waals surface area (Å²) in [7, 11) is 0. The summed E-state index contributed by atoms with van der Waals surface area (Å²) in [5, 5.41) is 15.3. The van der Waals surface area contributed by atoms with E-state index in [1.165, 1.54) is 43.8 Å². The predicted octanol–water partition coefficient (Wildman–Crippen LogP) is 10.1. The number of hydrogen-bond donors (Lipinski definition) is 0. The molecule has 222 valence electrons. The summed E-state index contributed by atoms with van der Waals surface area (Å²) in [5.41, 5.74) is 14.2. The average Bonchev–Trinajstić information content (AvgIpc) is 3.50. The Labute approximate surface area is 268 Å². The molecule has 0 aliphatic heterocycles. The first-order chi connectivity index (χ1) is 22.2. The van der Waals surface area contributed by atoms with Gasteiger partial charge in [-0.25, -0.2) is 9.97 Å². The van der Waals surface area contributed by atoms with E-state index in [1.54, 1.807) is 0 Å². The second kappa shape index (κ2) is 10.2. The van der Waals surface area contributed by atoms with Gasteiger partial charge in [0.25, 0.3) is 0 Å². The molecular formula is C41H33N5. The SMILES string of the molecule is Cc1ccc2c3ccc(C)cc3n(-c3cc(C#N)cc(-n4c5cc(C)ccc5c5ccc(C)cc54)c3-c3cc(C)nc(C)n3)c2c1. The Morgan fingerprint density at radius 3 is 1.24 bits per heavy atom. The molecule has 3 aromatic heterocycles. The van der Waals surface area contributed by atoms with Crippen molar-refractivity contribution in [1.29, 1.82) is 5.26 Å². The van der Waals surface area contributed by atoms with Crippen LogP contribution in [-0.4, -0.2) is 19.1 Å². The van der Waals surface area contributed by atoms with E-state index in [0.717, 1.165) is 50.4 Å². The molecular weight excluding hydrogens is 562 g/mol. The van der Waals surface area contributed by atoms with Crippen LogP contribution in [0.25, 0.3) is 66.2 Å². The van der Waals surface area contributed by atoms with Crippen molar-refractivity contribution in [3.63, 3.8) is 0 Å². The van der Waals surface area contributed by atoms with Gasteiger partial charge < -0.3 is 9.13 Å². The van der Waals surface area contributed by atoms with Crippen molar-refractivity contribution in [3.05, 3.63) is 130 Å². The lowest BCUT2D eigenvalue weighted by Gasteiger charge is -2.21. The minimum Gasteiger partial charge on any atom is -0.308 e. The molecule has 0 spiro atoms. The molecule has 8 rings (SSSR count). The van der Waals surface area contributed by atoms with Gasteiger partial charge in [-0.3, -0.25) is 0 Å². The fourth-order valence-corrected chi connectivity index (χ4v) is 7.13. The van der Waals surface area contributed by atoms with E-state index in [4.69, 9.17) is 4.98 Å². The highest BCUT2D eigenvalue weighted by Crippen LogP contribution is 2.43. The average molecular weight is 596 g/mol. The van der Waals surface area contributed by atoms with E-state index in [-0.39, 0.29) is 0 Å². The van der Waals surface area contributed by atoms with Crippen LogP contribution in [0.5, 0.6) is 0 Å². The zero-order chi connectivity index (χ0) is 31.9. The monoisotopic (exact) mass is 595 g/mol. The van der Waals surface area contributed by atoms with Gasteiger partial charge in [0.15, 0.2) is 0 Å². The first-order valence-corrected chi connectivity index (χ1v) is 15.6. The molecule has 0 unspecified atom stereocenters. The molecule has 0 aliphatic carbocycles. The van der Waals surface area contributed by atoms with Gasteiger partial charge in [0.2, 0.25) is 0 Å². The molecule has 0 bridgehead atoms. The van der Waals surface area contributed by atoms with Gasteiger partial charge in [0.05, 0.1) is 50.8 Å². The topological polar surface area (TPSA) is 59.4 Å². The molecule has 0 N–H and O–H groups in total. The molecule has 0 saturated carbocycles. The Morgan fingerprint density at radius 1 is 0.500 bits per heavy atom. The van der Waals surface area contributed by atoms with Gasteiger partial charge in [-0.05, 0) is 106 Å². The van der Waals surface area contributed by atoms with Gasteiger partial charge in [-0.15, -0.1) is 0 Å². The first-order valence-electron chi connectivity index (χ1n) is 15.6. The van der Waals surface area contributed by atoms with Crippen molar-refractivity contribution in [2.75, 3.05) is 0 Å². The summed E-state index contributed by atoms with van der Waals surface area (Å²) in [6.45, 7) is 12.5. The van der Waals surface area contributed by atoms with Crippen LogP contribution in [0.1, 0.15) is 39.3 Å². The van der Waals surface area contributed by atoms with Crippen molar-refractivity contribution in [2.45, 2.75) is 41.5 Å². The minimum absolute atomic E-state index is 0.585. The quantitative estimate of drug-likeness (QED) is 0.204. The molecule has 0 amide bonds. The Bertz CT molecular complexity index is 2320. The van der Waals surface area contributed by atoms with Crippen LogP contribution in [0.3, 0.4) is 0 Å². The summed E-state index contributed by atoms with van der Waals surface area (Å²) < 4.78 is 4.67. The van der Waals surface area contributed by atoms with Crippen molar-refractivity contribution in [2.24, 2.45) is 0 Å². The second-order valence-corrected chi connectivity index (χ2v) is 12.7. The smallest absolute Gasteiger partial charge is 0.126 e. The lowest BCUT2D eigenvalue weighted by atomic mass is 10.0. The lowest BCUT2D eigenvalue weighted by molar-refractivity contribution is 1.01. The van der Waals surface area contributed by atoms with Crippen molar-refractivity contribution < 1.29 is 0 Å². The third-order valence-corrected chi connectivity index (χ3v) is 9.09. The third kappa shape index (κ3) is 4.22. The highest BCUT2D eigenvalue weighted by molar-refractivity contribution is 6.12. The fraction of sp³-hybridized carbons (Fsp3) is 0.146. The minimum atomic E-state index is 0.585. The van der Waals surface area contributed by atoms with E-state index in [1.807, 2.05) is 26.0 Å². The molecule has 5 nitrogen and oxygen atoms in total. The number of fused-ring (bicyclic) bond motifs is 6. The maximum Gasteiger partial charge on any atom is 0.126 e. The zero-order valence-corrected chi connectivity index (χ0v) is 26.9. The van der Waals surface area contributed by atoms with Gasteiger partial charge in [-0.2, -0.15) is 5.26 Å². The van der Waals surface area contributed by atoms with Gasteiger partial charge in [0, 0.05) is 32.8 Å².